The van der Waals surface area contributed by atoms with Crippen molar-refractivity contribution in [1.82, 2.24) is 0 Å². The number of Topliss-reactive ketones (excluding diaryl/α,β-unsaturated/α-hetero) is 2. The standard InChI is InChI=1S/C27H18FNO5/c1-14-7-2-3-10-17(14)22-20-21(26(33)29(25(20)32)16-9-6-8-15(28)13-16)27(34-22)23(30)18-11-4-5-12-19(18)24(27)31/h2-13,20-22H,1H3/t20-,21+,22-/m1/s1. The van der Waals surface area contributed by atoms with Gasteiger partial charge in [0.25, 0.3) is 0 Å². The van der Waals surface area contributed by atoms with Crippen LogP contribution in [0.5, 0.6) is 0 Å². The summed E-state index contributed by atoms with van der Waals surface area (Å²) in [7, 11) is 0. The number of amides is 2. The molecule has 3 atom stereocenters. The second-order valence-electron chi connectivity index (χ2n) is 8.83. The van der Waals surface area contributed by atoms with E-state index < -0.39 is 52.7 Å². The van der Waals surface area contributed by atoms with Crippen LogP contribution in [0.25, 0.3) is 0 Å². The van der Waals surface area contributed by atoms with E-state index in [1.807, 2.05) is 19.1 Å². The number of hydrogen-bond donors (Lipinski definition) is 0. The predicted molar refractivity (Wildman–Crippen MR) is 119 cm³/mol. The molecule has 0 saturated carbocycles. The van der Waals surface area contributed by atoms with Gasteiger partial charge in [-0.25, -0.2) is 9.29 Å². The Morgan fingerprint density at radius 3 is 2.12 bits per heavy atom. The Morgan fingerprint density at radius 1 is 0.824 bits per heavy atom. The Bertz CT molecular complexity index is 1390. The first-order chi connectivity index (χ1) is 16.4. The van der Waals surface area contributed by atoms with Crippen molar-refractivity contribution in [2.45, 2.75) is 18.6 Å². The van der Waals surface area contributed by atoms with E-state index in [0.29, 0.717) is 5.56 Å². The van der Waals surface area contributed by atoms with Crippen molar-refractivity contribution in [3.63, 3.8) is 0 Å². The van der Waals surface area contributed by atoms with Gasteiger partial charge in [0.15, 0.2) is 0 Å². The van der Waals surface area contributed by atoms with Crippen LogP contribution in [0.2, 0.25) is 0 Å². The predicted octanol–water partition coefficient (Wildman–Crippen LogP) is 3.83. The van der Waals surface area contributed by atoms with E-state index in [-0.39, 0.29) is 16.8 Å². The first-order valence-corrected chi connectivity index (χ1v) is 10.9. The molecule has 0 N–H and O–H groups in total. The molecule has 34 heavy (non-hydrogen) atoms. The van der Waals surface area contributed by atoms with E-state index in [0.717, 1.165) is 16.5 Å². The minimum Gasteiger partial charge on any atom is -0.349 e. The molecule has 2 fully saturated rings. The van der Waals surface area contributed by atoms with Crippen LogP contribution in [-0.4, -0.2) is 29.0 Å². The number of fused-ring (bicyclic) bond motifs is 3. The molecule has 0 unspecified atom stereocenters. The van der Waals surface area contributed by atoms with E-state index in [1.165, 1.54) is 30.3 Å². The largest absolute Gasteiger partial charge is 0.349 e. The van der Waals surface area contributed by atoms with Crippen molar-refractivity contribution in [1.29, 1.82) is 0 Å². The fourth-order valence-corrected chi connectivity index (χ4v) is 5.58. The van der Waals surface area contributed by atoms with Gasteiger partial charge >= 0.3 is 0 Å². The molecule has 2 aliphatic heterocycles. The molecule has 6 nitrogen and oxygen atoms in total. The van der Waals surface area contributed by atoms with Crippen molar-refractivity contribution in [3.05, 3.63) is 101 Å². The minimum absolute atomic E-state index is 0.0542. The normalized spacial score (nSPS) is 24.8. The minimum atomic E-state index is -2.14. The van der Waals surface area contributed by atoms with Crippen molar-refractivity contribution < 1.29 is 28.3 Å². The number of benzene rings is 3. The fourth-order valence-electron chi connectivity index (χ4n) is 5.58. The molecular weight excluding hydrogens is 437 g/mol. The zero-order chi connectivity index (χ0) is 23.8. The summed E-state index contributed by atoms with van der Waals surface area (Å²) >= 11 is 0. The molecule has 7 heteroatoms. The molecule has 168 valence electrons. The van der Waals surface area contributed by atoms with Crippen molar-refractivity contribution in [2.24, 2.45) is 11.8 Å². The molecule has 2 saturated heterocycles. The van der Waals surface area contributed by atoms with Gasteiger partial charge in [0.05, 0.1) is 23.6 Å². The lowest BCUT2D eigenvalue weighted by Crippen LogP contribution is -2.51. The second kappa shape index (κ2) is 7.01. The highest BCUT2D eigenvalue weighted by Gasteiger charge is 2.74. The number of halogens is 1. The lowest BCUT2D eigenvalue weighted by atomic mass is 9.77. The van der Waals surface area contributed by atoms with Crippen LogP contribution in [0.1, 0.15) is 37.9 Å². The van der Waals surface area contributed by atoms with Gasteiger partial charge in [-0.2, -0.15) is 0 Å². The van der Waals surface area contributed by atoms with Crippen molar-refractivity contribution in [2.75, 3.05) is 4.90 Å². The molecule has 1 spiro atoms. The number of hydrogen-bond acceptors (Lipinski definition) is 5. The topological polar surface area (TPSA) is 80.8 Å². The van der Waals surface area contributed by atoms with Gasteiger partial charge in [0.2, 0.25) is 29.0 Å². The third-order valence-electron chi connectivity index (χ3n) is 7.08. The number of nitrogens with zero attached hydrogens (tertiary/aromatic N) is 1. The van der Waals surface area contributed by atoms with E-state index in [1.54, 1.807) is 24.3 Å². The van der Waals surface area contributed by atoms with E-state index in [9.17, 15) is 23.6 Å². The third-order valence-corrected chi connectivity index (χ3v) is 7.08. The first kappa shape index (κ1) is 20.6. The lowest BCUT2D eigenvalue weighted by molar-refractivity contribution is -0.127. The SMILES string of the molecule is Cc1ccccc1[C@H]1OC2(C(=O)c3ccccc3C2=O)[C@@H]2C(=O)N(c3cccc(F)c3)C(=O)[C@@H]12. The lowest BCUT2D eigenvalue weighted by Gasteiger charge is -2.27. The highest BCUT2D eigenvalue weighted by Crippen LogP contribution is 2.58. The van der Waals surface area contributed by atoms with Gasteiger partial charge < -0.3 is 4.74 Å². The summed E-state index contributed by atoms with van der Waals surface area (Å²) in [6.07, 6.45) is -0.997. The smallest absolute Gasteiger partial charge is 0.241 e. The first-order valence-electron chi connectivity index (χ1n) is 10.9. The van der Waals surface area contributed by atoms with Crippen LogP contribution in [0.4, 0.5) is 10.1 Å². The number of aryl methyl sites for hydroxylation is 1. The summed E-state index contributed by atoms with van der Waals surface area (Å²) < 4.78 is 20.2. The van der Waals surface area contributed by atoms with Gasteiger partial charge in [-0.05, 0) is 36.2 Å². The third kappa shape index (κ3) is 2.47. The van der Waals surface area contributed by atoms with Crippen LogP contribution in [0.3, 0.4) is 0 Å². The summed E-state index contributed by atoms with van der Waals surface area (Å²) in [5.41, 5.74) is -0.340. The zero-order valence-electron chi connectivity index (χ0n) is 18.0. The Labute approximate surface area is 193 Å². The molecule has 0 aromatic heterocycles. The fraction of sp³-hybridized carbons (Fsp3) is 0.185. The highest BCUT2D eigenvalue weighted by molar-refractivity contribution is 6.37. The van der Waals surface area contributed by atoms with Crippen LogP contribution in [0.15, 0.2) is 72.8 Å². The average Bonchev–Trinajstić information content (AvgIpc) is 3.39. The number of carbonyl (C=O) groups excluding carboxylic acids is 4. The maximum atomic E-state index is 14.0. The summed E-state index contributed by atoms with van der Waals surface area (Å²) in [6, 6.07) is 18.6. The van der Waals surface area contributed by atoms with E-state index >= 15 is 0 Å². The Morgan fingerprint density at radius 2 is 1.47 bits per heavy atom. The summed E-state index contributed by atoms with van der Waals surface area (Å²) in [5, 5.41) is 0. The maximum Gasteiger partial charge on any atom is 0.241 e. The van der Waals surface area contributed by atoms with Gasteiger partial charge in [-0.3, -0.25) is 19.2 Å². The molecule has 0 bridgehead atoms. The number of ketones is 2. The molecule has 3 aromatic carbocycles. The highest BCUT2D eigenvalue weighted by atomic mass is 19.1. The van der Waals surface area contributed by atoms with Gasteiger partial charge in [0.1, 0.15) is 5.82 Å². The summed E-state index contributed by atoms with van der Waals surface area (Å²) in [6.45, 7) is 1.83. The Balaban J connectivity index is 1.57. The van der Waals surface area contributed by atoms with E-state index in [2.05, 4.69) is 0 Å². The van der Waals surface area contributed by atoms with Gasteiger partial charge in [0, 0.05) is 11.1 Å². The molecule has 2 amide bonds. The van der Waals surface area contributed by atoms with Crippen LogP contribution in [-0.2, 0) is 14.3 Å². The number of rotatable bonds is 2. The number of anilines is 1. The van der Waals surface area contributed by atoms with Crippen molar-refractivity contribution >= 4 is 29.1 Å². The molecule has 0 radical (unpaired) electrons. The zero-order valence-corrected chi connectivity index (χ0v) is 18.0. The Kier molecular flexibility index (Phi) is 4.25. The van der Waals surface area contributed by atoms with Crippen LogP contribution in [0, 0.1) is 24.6 Å². The van der Waals surface area contributed by atoms with Crippen molar-refractivity contribution in [3.8, 4) is 0 Å². The Hall–Kier alpha value is -3.97. The number of carbonyl (C=O) groups is 4. The molecular formula is C27H18FNO5. The molecule has 1 aliphatic carbocycles. The number of ether oxygens (including phenoxy) is 1. The van der Waals surface area contributed by atoms with E-state index in [4.69, 9.17) is 4.74 Å². The maximum absolute atomic E-state index is 14.0. The summed E-state index contributed by atoms with van der Waals surface area (Å²) in [4.78, 5) is 55.8. The molecule has 3 aromatic rings. The molecule has 2 heterocycles. The van der Waals surface area contributed by atoms with Gasteiger partial charge in [-0.15, -0.1) is 0 Å². The average molecular weight is 455 g/mol. The quantitative estimate of drug-likeness (QED) is 0.433. The van der Waals surface area contributed by atoms with Crippen LogP contribution >= 0.6 is 0 Å². The molecule has 3 aliphatic rings. The molecule has 6 rings (SSSR count). The number of imide groups is 1. The van der Waals surface area contributed by atoms with Gasteiger partial charge in [-0.1, -0.05) is 54.6 Å². The monoisotopic (exact) mass is 455 g/mol. The second-order valence-corrected chi connectivity index (χ2v) is 8.83. The summed E-state index contributed by atoms with van der Waals surface area (Å²) in [5.74, 6) is -5.70. The van der Waals surface area contributed by atoms with Crippen LogP contribution < -0.4 is 4.90 Å².